The average Bonchev–Trinajstić information content (AvgIpc) is 2.67. The summed E-state index contributed by atoms with van der Waals surface area (Å²) in [6.45, 7) is 4.11. The van der Waals surface area contributed by atoms with Crippen LogP contribution in [0.3, 0.4) is 0 Å². The third-order valence-corrected chi connectivity index (χ3v) is 2.95. The number of amides is 1. The first-order valence-corrected chi connectivity index (χ1v) is 6.65. The Hall–Kier alpha value is -2.09. The topological polar surface area (TPSA) is 99.7 Å². The van der Waals surface area contributed by atoms with Gasteiger partial charge in [-0.1, -0.05) is 0 Å². The van der Waals surface area contributed by atoms with Gasteiger partial charge in [0, 0.05) is 20.7 Å². The molecule has 1 rings (SSSR count). The monoisotopic (exact) mass is 298 g/mol. The van der Waals surface area contributed by atoms with Gasteiger partial charge in [0.1, 0.15) is 12.2 Å². The first-order valence-electron chi connectivity index (χ1n) is 6.65. The number of methoxy groups -OCH3 is 1. The number of rotatable bonds is 7. The van der Waals surface area contributed by atoms with E-state index in [2.05, 4.69) is 5.10 Å². The Morgan fingerprint density at radius 3 is 2.57 bits per heavy atom. The zero-order chi connectivity index (χ0) is 16.0. The smallest absolute Gasteiger partial charge is 0.325 e. The molecule has 118 valence electrons. The van der Waals surface area contributed by atoms with Crippen molar-refractivity contribution in [3.63, 3.8) is 0 Å². The van der Waals surface area contributed by atoms with Crippen LogP contribution in [0.4, 0.5) is 5.69 Å². The van der Waals surface area contributed by atoms with E-state index in [1.165, 1.54) is 16.7 Å². The van der Waals surface area contributed by atoms with Gasteiger partial charge < -0.3 is 20.1 Å². The van der Waals surface area contributed by atoms with Gasteiger partial charge in [0.05, 0.1) is 24.6 Å². The standard InChI is InChI=1S/C13H22N4O4/c1-5-21-10(18)8-17(6-7-20-4)13(19)12-11(14)9(2)15-16(12)3/h5-8,14H2,1-4H3. The summed E-state index contributed by atoms with van der Waals surface area (Å²) in [5.41, 5.74) is 7.03. The summed E-state index contributed by atoms with van der Waals surface area (Å²) in [5.74, 6) is -0.847. The van der Waals surface area contributed by atoms with E-state index < -0.39 is 5.97 Å². The Balaban J connectivity index is 2.96. The second-order valence-corrected chi connectivity index (χ2v) is 4.50. The molecular weight excluding hydrogens is 276 g/mol. The first kappa shape index (κ1) is 17.0. The number of anilines is 1. The molecule has 0 spiro atoms. The van der Waals surface area contributed by atoms with E-state index in [1.807, 2.05) is 0 Å². The second kappa shape index (κ2) is 7.63. The minimum absolute atomic E-state index is 0.153. The normalized spacial score (nSPS) is 10.5. The molecule has 0 saturated heterocycles. The molecule has 21 heavy (non-hydrogen) atoms. The van der Waals surface area contributed by atoms with Crippen molar-refractivity contribution in [1.29, 1.82) is 0 Å². The number of carbonyl (C=O) groups is 2. The minimum Gasteiger partial charge on any atom is -0.465 e. The van der Waals surface area contributed by atoms with Crippen LogP contribution in [0.1, 0.15) is 23.1 Å². The number of aryl methyl sites for hydroxylation is 2. The Morgan fingerprint density at radius 1 is 1.43 bits per heavy atom. The maximum absolute atomic E-state index is 12.6. The molecule has 0 radical (unpaired) electrons. The number of nitrogens with two attached hydrogens (primary N) is 1. The highest BCUT2D eigenvalue weighted by molar-refractivity contribution is 5.99. The molecule has 1 aromatic rings. The number of aromatic nitrogens is 2. The summed E-state index contributed by atoms with van der Waals surface area (Å²) >= 11 is 0. The van der Waals surface area contributed by atoms with E-state index in [4.69, 9.17) is 15.2 Å². The van der Waals surface area contributed by atoms with Gasteiger partial charge in [-0.05, 0) is 13.8 Å². The fourth-order valence-corrected chi connectivity index (χ4v) is 1.89. The van der Waals surface area contributed by atoms with Gasteiger partial charge in [-0.3, -0.25) is 14.3 Å². The highest BCUT2D eigenvalue weighted by Gasteiger charge is 2.25. The van der Waals surface area contributed by atoms with E-state index >= 15 is 0 Å². The Morgan fingerprint density at radius 2 is 2.10 bits per heavy atom. The van der Waals surface area contributed by atoms with Gasteiger partial charge in [-0.2, -0.15) is 5.10 Å². The van der Waals surface area contributed by atoms with Crippen molar-refractivity contribution < 1.29 is 19.1 Å². The summed E-state index contributed by atoms with van der Waals surface area (Å²) in [7, 11) is 3.16. The van der Waals surface area contributed by atoms with Crippen molar-refractivity contribution >= 4 is 17.6 Å². The Labute approximate surface area is 123 Å². The molecule has 0 aromatic carbocycles. The predicted octanol–water partition coefficient (Wildman–Crippen LogP) is -0.0376. The number of ether oxygens (including phenoxy) is 2. The van der Waals surface area contributed by atoms with Crippen LogP contribution < -0.4 is 5.73 Å². The lowest BCUT2D eigenvalue weighted by molar-refractivity contribution is -0.143. The molecule has 0 atom stereocenters. The van der Waals surface area contributed by atoms with Crippen molar-refractivity contribution in [2.75, 3.05) is 39.1 Å². The molecule has 0 bridgehead atoms. The quantitative estimate of drug-likeness (QED) is 0.709. The van der Waals surface area contributed by atoms with E-state index in [1.54, 1.807) is 20.9 Å². The zero-order valence-corrected chi connectivity index (χ0v) is 12.9. The van der Waals surface area contributed by atoms with Crippen LogP contribution in [0.25, 0.3) is 0 Å². The molecule has 0 aliphatic rings. The third kappa shape index (κ3) is 4.19. The second-order valence-electron chi connectivity index (χ2n) is 4.50. The SMILES string of the molecule is CCOC(=O)CN(CCOC)C(=O)c1c(N)c(C)nn1C. The summed E-state index contributed by atoms with van der Waals surface area (Å²) in [6, 6.07) is 0. The van der Waals surface area contributed by atoms with Crippen LogP contribution in [0, 0.1) is 6.92 Å². The number of nitrogens with zero attached hydrogens (tertiary/aromatic N) is 3. The summed E-state index contributed by atoms with van der Waals surface area (Å²) < 4.78 is 11.3. The molecule has 1 amide bonds. The molecule has 0 aliphatic carbocycles. The average molecular weight is 298 g/mol. The van der Waals surface area contributed by atoms with Crippen LogP contribution in [0.5, 0.6) is 0 Å². The fraction of sp³-hybridized carbons (Fsp3) is 0.615. The van der Waals surface area contributed by atoms with Crippen LogP contribution >= 0.6 is 0 Å². The molecule has 8 heteroatoms. The number of hydrogen-bond acceptors (Lipinski definition) is 6. The molecule has 0 saturated carbocycles. The van der Waals surface area contributed by atoms with E-state index in [9.17, 15) is 9.59 Å². The highest BCUT2D eigenvalue weighted by atomic mass is 16.5. The molecule has 8 nitrogen and oxygen atoms in total. The maximum Gasteiger partial charge on any atom is 0.325 e. The Kier molecular flexibility index (Phi) is 6.16. The predicted molar refractivity (Wildman–Crippen MR) is 76.8 cm³/mol. The van der Waals surface area contributed by atoms with Crippen molar-refractivity contribution in [1.82, 2.24) is 14.7 Å². The summed E-state index contributed by atoms with van der Waals surface area (Å²) in [6.07, 6.45) is 0. The van der Waals surface area contributed by atoms with Gasteiger partial charge in [0.25, 0.3) is 5.91 Å². The molecule has 1 heterocycles. The van der Waals surface area contributed by atoms with E-state index in [-0.39, 0.29) is 31.3 Å². The molecule has 1 aromatic heterocycles. The molecule has 0 fully saturated rings. The molecule has 0 unspecified atom stereocenters. The zero-order valence-electron chi connectivity index (χ0n) is 12.9. The Bertz CT molecular complexity index is 513. The van der Waals surface area contributed by atoms with Crippen molar-refractivity contribution in [3.8, 4) is 0 Å². The fourth-order valence-electron chi connectivity index (χ4n) is 1.89. The number of hydrogen-bond donors (Lipinski definition) is 1. The van der Waals surface area contributed by atoms with E-state index in [0.717, 1.165) is 0 Å². The third-order valence-electron chi connectivity index (χ3n) is 2.95. The van der Waals surface area contributed by atoms with Crippen molar-refractivity contribution in [2.24, 2.45) is 7.05 Å². The van der Waals surface area contributed by atoms with E-state index in [0.29, 0.717) is 18.0 Å². The lowest BCUT2D eigenvalue weighted by atomic mass is 10.2. The van der Waals surface area contributed by atoms with Crippen LogP contribution in [-0.4, -0.2) is 60.0 Å². The lowest BCUT2D eigenvalue weighted by Gasteiger charge is -2.21. The molecular formula is C13H22N4O4. The highest BCUT2D eigenvalue weighted by Crippen LogP contribution is 2.17. The number of carbonyl (C=O) groups excluding carboxylic acids is 2. The van der Waals surface area contributed by atoms with Crippen LogP contribution in [0.2, 0.25) is 0 Å². The van der Waals surface area contributed by atoms with Crippen LogP contribution in [-0.2, 0) is 21.3 Å². The van der Waals surface area contributed by atoms with Gasteiger partial charge in [-0.15, -0.1) is 0 Å². The minimum atomic E-state index is -0.473. The number of nitrogen functional groups attached to an aromatic ring is 1. The summed E-state index contributed by atoms with van der Waals surface area (Å²) in [4.78, 5) is 25.5. The van der Waals surface area contributed by atoms with Crippen molar-refractivity contribution in [2.45, 2.75) is 13.8 Å². The van der Waals surface area contributed by atoms with Crippen LogP contribution in [0.15, 0.2) is 0 Å². The van der Waals surface area contributed by atoms with Crippen molar-refractivity contribution in [3.05, 3.63) is 11.4 Å². The van der Waals surface area contributed by atoms with Gasteiger partial charge >= 0.3 is 5.97 Å². The summed E-state index contributed by atoms with van der Waals surface area (Å²) in [5, 5.41) is 4.11. The first-order chi connectivity index (χ1) is 9.92. The van der Waals surface area contributed by atoms with Gasteiger partial charge in [0.2, 0.25) is 0 Å². The van der Waals surface area contributed by atoms with Gasteiger partial charge in [0.15, 0.2) is 0 Å². The maximum atomic E-state index is 12.6. The van der Waals surface area contributed by atoms with Gasteiger partial charge in [-0.25, -0.2) is 0 Å². The molecule has 2 N–H and O–H groups in total. The number of esters is 1. The lowest BCUT2D eigenvalue weighted by Crippen LogP contribution is -2.39. The largest absolute Gasteiger partial charge is 0.465 e. The molecule has 0 aliphatic heterocycles.